The maximum atomic E-state index is 11.1. The second-order valence-electron chi connectivity index (χ2n) is 4.23. The van der Waals surface area contributed by atoms with Crippen molar-refractivity contribution in [1.82, 2.24) is 0 Å². The van der Waals surface area contributed by atoms with Crippen LogP contribution in [-0.4, -0.2) is 24.3 Å². The molecule has 3 heteroatoms. The second kappa shape index (κ2) is 10.1. The molecule has 0 fully saturated rings. The van der Waals surface area contributed by atoms with Gasteiger partial charge >= 0.3 is 5.97 Å². The van der Waals surface area contributed by atoms with Crippen LogP contribution in [0.4, 0.5) is 0 Å². The Morgan fingerprint density at radius 3 is 2.47 bits per heavy atom. The Bertz CT molecular complexity index is 277. The van der Waals surface area contributed by atoms with E-state index in [4.69, 9.17) is 9.84 Å². The van der Waals surface area contributed by atoms with Crippen molar-refractivity contribution in [2.75, 3.05) is 13.2 Å². The predicted molar refractivity (Wildman–Crippen MR) is 69.7 cm³/mol. The van der Waals surface area contributed by atoms with Crippen LogP contribution in [0.15, 0.2) is 23.3 Å². The molecule has 0 unspecified atom stereocenters. The molecule has 17 heavy (non-hydrogen) atoms. The van der Waals surface area contributed by atoms with Gasteiger partial charge in [0.15, 0.2) is 0 Å². The first-order valence-electron chi connectivity index (χ1n) is 6.17. The molecule has 0 bridgehead atoms. The van der Waals surface area contributed by atoms with Gasteiger partial charge in [0, 0.05) is 6.42 Å². The Labute approximate surface area is 104 Å². The van der Waals surface area contributed by atoms with E-state index in [0.717, 1.165) is 24.8 Å². The van der Waals surface area contributed by atoms with Crippen molar-refractivity contribution >= 4 is 5.97 Å². The van der Waals surface area contributed by atoms with Crippen LogP contribution in [0.25, 0.3) is 0 Å². The maximum Gasteiger partial charge on any atom is 0.306 e. The topological polar surface area (TPSA) is 46.5 Å². The first kappa shape index (κ1) is 15.9. The average Bonchev–Trinajstić information content (AvgIpc) is 2.29. The number of hydrogen-bond donors (Lipinski definition) is 1. The molecule has 0 spiro atoms. The number of esters is 1. The quantitative estimate of drug-likeness (QED) is 0.524. The maximum absolute atomic E-state index is 11.1. The van der Waals surface area contributed by atoms with Gasteiger partial charge in [0.2, 0.25) is 0 Å². The molecule has 1 N–H and O–H groups in total. The molecule has 0 aromatic rings. The summed E-state index contributed by atoms with van der Waals surface area (Å²) < 4.78 is 5.03. The SMILES string of the molecule is CCCC(=O)OCC=C(C)CCC=C(C)CO. The van der Waals surface area contributed by atoms with Crippen molar-refractivity contribution in [3.63, 3.8) is 0 Å². The van der Waals surface area contributed by atoms with Crippen LogP contribution in [0, 0.1) is 0 Å². The van der Waals surface area contributed by atoms with E-state index < -0.39 is 0 Å². The molecule has 0 rings (SSSR count). The number of carbonyl (C=O) groups is 1. The normalized spacial score (nSPS) is 12.7. The van der Waals surface area contributed by atoms with Crippen molar-refractivity contribution in [3.05, 3.63) is 23.3 Å². The highest BCUT2D eigenvalue weighted by Crippen LogP contribution is 2.06. The van der Waals surface area contributed by atoms with E-state index >= 15 is 0 Å². The summed E-state index contributed by atoms with van der Waals surface area (Å²) in [5.41, 5.74) is 2.20. The summed E-state index contributed by atoms with van der Waals surface area (Å²) in [4.78, 5) is 11.1. The van der Waals surface area contributed by atoms with Crippen molar-refractivity contribution in [3.8, 4) is 0 Å². The Kier molecular flexibility index (Phi) is 9.44. The fourth-order valence-electron chi connectivity index (χ4n) is 1.27. The number of aliphatic hydroxyl groups excluding tert-OH is 1. The minimum absolute atomic E-state index is 0.122. The number of hydrogen-bond acceptors (Lipinski definition) is 3. The Balaban J connectivity index is 3.75. The van der Waals surface area contributed by atoms with Gasteiger partial charge in [-0.25, -0.2) is 0 Å². The highest BCUT2D eigenvalue weighted by Gasteiger charge is 1.98. The zero-order valence-electron chi connectivity index (χ0n) is 11.2. The Hall–Kier alpha value is -1.09. The summed E-state index contributed by atoms with van der Waals surface area (Å²) in [6.45, 7) is 6.38. The molecular formula is C14H24O3. The minimum Gasteiger partial charge on any atom is -0.461 e. The number of ether oxygens (including phenoxy) is 1. The van der Waals surface area contributed by atoms with Crippen molar-refractivity contribution in [1.29, 1.82) is 0 Å². The molecule has 0 radical (unpaired) electrons. The monoisotopic (exact) mass is 240 g/mol. The van der Waals surface area contributed by atoms with Crippen LogP contribution >= 0.6 is 0 Å². The van der Waals surface area contributed by atoms with Gasteiger partial charge in [-0.05, 0) is 39.2 Å². The standard InChI is InChI=1S/C14H24O3/c1-4-6-14(16)17-10-9-12(2)7-5-8-13(3)11-15/h8-9,15H,4-7,10-11H2,1-3H3. The number of rotatable bonds is 8. The van der Waals surface area contributed by atoms with E-state index in [9.17, 15) is 4.79 Å². The first-order chi connectivity index (χ1) is 8.10. The molecule has 0 atom stereocenters. The lowest BCUT2D eigenvalue weighted by molar-refractivity contribution is -0.142. The summed E-state index contributed by atoms with van der Waals surface area (Å²) in [6, 6.07) is 0. The predicted octanol–water partition coefficient (Wildman–Crippen LogP) is 2.99. The zero-order valence-corrected chi connectivity index (χ0v) is 11.2. The molecule has 0 aromatic heterocycles. The third-order valence-corrected chi connectivity index (χ3v) is 2.41. The van der Waals surface area contributed by atoms with Crippen molar-refractivity contribution in [2.24, 2.45) is 0 Å². The molecule has 0 saturated heterocycles. The molecule has 0 aliphatic heterocycles. The first-order valence-corrected chi connectivity index (χ1v) is 6.17. The van der Waals surface area contributed by atoms with Gasteiger partial charge in [0.05, 0.1) is 6.61 Å². The summed E-state index contributed by atoms with van der Waals surface area (Å²) in [6.07, 6.45) is 7.13. The van der Waals surface area contributed by atoms with E-state index in [1.54, 1.807) is 0 Å². The lowest BCUT2D eigenvalue weighted by Crippen LogP contribution is -2.03. The number of allylic oxidation sites excluding steroid dienone is 2. The number of aliphatic hydroxyl groups is 1. The highest BCUT2D eigenvalue weighted by molar-refractivity contribution is 5.69. The summed E-state index contributed by atoms with van der Waals surface area (Å²) in [7, 11) is 0. The van der Waals surface area contributed by atoms with E-state index in [-0.39, 0.29) is 12.6 Å². The third kappa shape index (κ3) is 9.82. The molecule has 98 valence electrons. The van der Waals surface area contributed by atoms with Gasteiger partial charge in [0.1, 0.15) is 6.61 Å². The van der Waals surface area contributed by atoms with Gasteiger partial charge < -0.3 is 9.84 Å². The van der Waals surface area contributed by atoms with Gasteiger partial charge in [-0.3, -0.25) is 4.79 Å². The Morgan fingerprint density at radius 2 is 1.88 bits per heavy atom. The van der Waals surface area contributed by atoms with Gasteiger partial charge in [-0.2, -0.15) is 0 Å². The second-order valence-corrected chi connectivity index (χ2v) is 4.23. The molecule has 0 saturated carbocycles. The Morgan fingerprint density at radius 1 is 1.18 bits per heavy atom. The largest absolute Gasteiger partial charge is 0.461 e. The van der Waals surface area contributed by atoms with Gasteiger partial charge in [0.25, 0.3) is 0 Å². The van der Waals surface area contributed by atoms with Crippen molar-refractivity contribution < 1.29 is 14.6 Å². The third-order valence-electron chi connectivity index (χ3n) is 2.41. The smallest absolute Gasteiger partial charge is 0.306 e. The molecule has 0 amide bonds. The fraction of sp³-hybridized carbons (Fsp3) is 0.643. The van der Waals surface area contributed by atoms with Crippen LogP contribution in [-0.2, 0) is 9.53 Å². The van der Waals surface area contributed by atoms with Gasteiger partial charge in [-0.1, -0.05) is 24.1 Å². The van der Waals surface area contributed by atoms with E-state index in [2.05, 4.69) is 0 Å². The average molecular weight is 240 g/mol. The molecule has 0 aliphatic carbocycles. The number of carbonyl (C=O) groups excluding carboxylic acids is 1. The van der Waals surface area contributed by atoms with Crippen LogP contribution < -0.4 is 0 Å². The molecular weight excluding hydrogens is 216 g/mol. The summed E-state index contributed by atoms with van der Waals surface area (Å²) in [5, 5.41) is 8.81. The summed E-state index contributed by atoms with van der Waals surface area (Å²) >= 11 is 0. The van der Waals surface area contributed by atoms with Gasteiger partial charge in [-0.15, -0.1) is 0 Å². The lowest BCUT2D eigenvalue weighted by Gasteiger charge is -2.02. The van der Waals surface area contributed by atoms with Crippen LogP contribution in [0.5, 0.6) is 0 Å². The molecule has 0 heterocycles. The van der Waals surface area contributed by atoms with E-state index in [0.29, 0.717) is 13.0 Å². The van der Waals surface area contributed by atoms with Crippen LogP contribution in [0.2, 0.25) is 0 Å². The van der Waals surface area contributed by atoms with Crippen LogP contribution in [0.3, 0.4) is 0 Å². The van der Waals surface area contributed by atoms with Crippen LogP contribution in [0.1, 0.15) is 46.5 Å². The summed E-state index contributed by atoms with van der Waals surface area (Å²) in [5.74, 6) is -0.132. The van der Waals surface area contributed by atoms with Crippen molar-refractivity contribution in [2.45, 2.75) is 46.5 Å². The minimum atomic E-state index is -0.132. The van der Waals surface area contributed by atoms with E-state index in [1.807, 2.05) is 32.9 Å². The molecule has 0 aliphatic rings. The van der Waals surface area contributed by atoms with E-state index in [1.165, 1.54) is 5.57 Å². The molecule has 0 aromatic carbocycles. The fourth-order valence-corrected chi connectivity index (χ4v) is 1.27. The molecule has 3 nitrogen and oxygen atoms in total. The zero-order chi connectivity index (χ0) is 13.1. The highest BCUT2D eigenvalue weighted by atomic mass is 16.5. The lowest BCUT2D eigenvalue weighted by atomic mass is 10.1.